The van der Waals surface area contributed by atoms with E-state index in [1.807, 2.05) is 6.08 Å². The van der Waals surface area contributed by atoms with Crippen LogP contribution in [0, 0.1) is 0 Å². The molecule has 82 heavy (non-hydrogen) atoms. The van der Waals surface area contributed by atoms with Crippen LogP contribution in [0.15, 0.2) is 36.5 Å². The molecule has 1 amide bonds. The first-order valence-corrected chi connectivity index (χ1v) is 34.2. The summed E-state index contributed by atoms with van der Waals surface area (Å²) in [6, 6.07) is -0.933. The number of aliphatic hydroxyl groups excluding tert-OH is 8. The molecule has 0 bridgehead atoms. The Kier molecular flexibility index (Phi) is 49.7. The van der Waals surface area contributed by atoms with Crippen LogP contribution in [0.1, 0.15) is 296 Å². The van der Waals surface area contributed by atoms with Gasteiger partial charge in [-0.3, -0.25) is 4.79 Å². The van der Waals surface area contributed by atoms with Crippen LogP contribution in [0.25, 0.3) is 0 Å². The molecule has 14 nitrogen and oxygen atoms in total. The summed E-state index contributed by atoms with van der Waals surface area (Å²) in [5.74, 6) is -0.248. The Morgan fingerprint density at radius 3 is 1.20 bits per heavy atom. The summed E-state index contributed by atoms with van der Waals surface area (Å²) < 4.78 is 22.8. The third kappa shape index (κ3) is 37.7. The average molecular weight is 1170 g/mol. The van der Waals surface area contributed by atoms with Gasteiger partial charge in [-0.2, -0.15) is 0 Å². The van der Waals surface area contributed by atoms with Crippen molar-refractivity contribution in [3.8, 4) is 0 Å². The molecule has 2 rings (SSSR count). The van der Waals surface area contributed by atoms with Crippen LogP contribution >= 0.6 is 0 Å². The van der Waals surface area contributed by atoms with E-state index in [1.165, 1.54) is 231 Å². The van der Waals surface area contributed by atoms with Crippen molar-refractivity contribution in [3.63, 3.8) is 0 Å². The maximum atomic E-state index is 13.3. The van der Waals surface area contributed by atoms with Crippen LogP contribution in [0.5, 0.6) is 0 Å². The van der Waals surface area contributed by atoms with E-state index >= 15 is 0 Å². The molecule has 0 aromatic carbocycles. The highest BCUT2D eigenvalue weighted by Crippen LogP contribution is 2.30. The highest BCUT2D eigenvalue weighted by atomic mass is 16.7. The van der Waals surface area contributed by atoms with Gasteiger partial charge in [-0.25, -0.2) is 0 Å². The molecule has 0 aliphatic carbocycles. The number of amides is 1. The lowest BCUT2D eigenvalue weighted by Gasteiger charge is -2.46. The molecule has 14 heteroatoms. The van der Waals surface area contributed by atoms with Crippen LogP contribution in [-0.2, 0) is 23.7 Å². The van der Waals surface area contributed by atoms with Crippen molar-refractivity contribution in [3.05, 3.63) is 36.5 Å². The Hall–Kier alpha value is -1.79. The fourth-order valence-electron chi connectivity index (χ4n) is 11.3. The zero-order valence-electron chi connectivity index (χ0n) is 52.2. The number of hydrogen-bond donors (Lipinski definition) is 9. The Morgan fingerprint density at radius 2 is 0.780 bits per heavy atom. The van der Waals surface area contributed by atoms with Gasteiger partial charge in [0, 0.05) is 6.42 Å². The number of aliphatic hydroxyl groups is 8. The fraction of sp³-hybridized carbons (Fsp3) is 0.897. The van der Waals surface area contributed by atoms with E-state index in [4.69, 9.17) is 18.9 Å². The Bertz CT molecular complexity index is 1510. The van der Waals surface area contributed by atoms with Crippen molar-refractivity contribution in [1.29, 1.82) is 0 Å². The quantitative estimate of drug-likeness (QED) is 0.0204. The fourth-order valence-corrected chi connectivity index (χ4v) is 11.3. The second-order valence-corrected chi connectivity index (χ2v) is 24.3. The summed E-state index contributed by atoms with van der Waals surface area (Å²) in [5.41, 5.74) is 0. The third-order valence-electron chi connectivity index (χ3n) is 16.8. The second kappa shape index (κ2) is 53.4. The highest BCUT2D eigenvalue weighted by molar-refractivity contribution is 5.76. The lowest BCUT2D eigenvalue weighted by Crippen LogP contribution is -2.65. The first-order chi connectivity index (χ1) is 40.1. The predicted molar refractivity (Wildman–Crippen MR) is 332 cm³/mol. The van der Waals surface area contributed by atoms with Crippen molar-refractivity contribution < 1.29 is 64.6 Å². The summed E-state index contributed by atoms with van der Waals surface area (Å²) in [6.07, 6.45) is 50.6. The molecule has 0 aromatic heterocycles. The summed E-state index contributed by atoms with van der Waals surface area (Å²) >= 11 is 0. The summed E-state index contributed by atoms with van der Waals surface area (Å²) in [5, 5.41) is 87.3. The number of unbranched alkanes of at least 4 members (excludes halogenated alkanes) is 39. The minimum atomic E-state index is -1.79. The summed E-state index contributed by atoms with van der Waals surface area (Å²) in [4.78, 5) is 13.3. The molecule has 12 atom stereocenters. The molecule has 482 valence electrons. The lowest BCUT2D eigenvalue weighted by molar-refractivity contribution is -0.359. The maximum Gasteiger partial charge on any atom is 0.220 e. The molecular formula is C68H127NO13. The molecule has 0 radical (unpaired) electrons. The first-order valence-electron chi connectivity index (χ1n) is 34.2. The van der Waals surface area contributed by atoms with Crippen molar-refractivity contribution in [2.45, 2.75) is 370 Å². The van der Waals surface area contributed by atoms with Crippen molar-refractivity contribution in [2.24, 2.45) is 0 Å². The SMILES string of the molecule is CCCCCCCC/C=C\CCCCCCCCCCCC(=O)NC(COC1OC(CO)C(OC2OC(CO)C(O)C(O)C2O)C(O)C1O)C(O)/C=C/CC/C=C/CCCCCCCCCCCCCCCCCCCCCCCCC. The molecule has 12 unspecified atom stereocenters. The summed E-state index contributed by atoms with van der Waals surface area (Å²) in [6.45, 7) is 2.81. The standard InChI is InChI=1S/C68H127NO13/c1-3-5-7-9-11-13-15-17-19-21-23-24-25-26-27-28-29-30-31-32-34-35-37-39-41-43-45-47-49-51-57(72)56(69-60(73)52-50-48-46-44-42-40-38-36-33-22-20-18-16-14-12-10-8-6-4-2)55-79-67-65(78)63(76)66(59(54-71)81-67)82-68-64(77)62(75)61(74)58(53-70)80-68/h18,20,41,43,49,51,56-59,61-68,70-72,74-78H,3-17,19,21-40,42,44-48,50,52-55H2,1-2H3,(H,69,73)/b20-18-,43-41+,51-49+. The first kappa shape index (κ1) is 76.3. The maximum absolute atomic E-state index is 13.3. The molecule has 2 fully saturated rings. The molecule has 0 spiro atoms. The van der Waals surface area contributed by atoms with Gasteiger partial charge in [-0.1, -0.05) is 269 Å². The zero-order chi connectivity index (χ0) is 59.5. The molecule has 2 saturated heterocycles. The number of ether oxygens (including phenoxy) is 4. The van der Waals surface area contributed by atoms with Gasteiger partial charge in [0.05, 0.1) is 32.0 Å². The van der Waals surface area contributed by atoms with Gasteiger partial charge in [0.1, 0.15) is 48.8 Å². The number of carbonyl (C=O) groups excluding carboxylic acids is 1. The normalized spacial score (nSPS) is 24.1. The number of allylic oxidation sites excluding steroid dienone is 5. The molecular weight excluding hydrogens is 1040 g/mol. The third-order valence-corrected chi connectivity index (χ3v) is 16.8. The van der Waals surface area contributed by atoms with Gasteiger partial charge in [0.15, 0.2) is 12.6 Å². The van der Waals surface area contributed by atoms with E-state index in [9.17, 15) is 45.6 Å². The van der Waals surface area contributed by atoms with Crippen LogP contribution in [0.4, 0.5) is 0 Å². The largest absolute Gasteiger partial charge is 0.394 e. The number of nitrogens with one attached hydrogen (secondary N) is 1. The lowest BCUT2D eigenvalue weighted by atomic mass is 9.97. The van der Waals surface area contributed by atoms with Crippen LogP contribution < -0.4 is 5.32 Å². The number of carbonyl (C=O) groups is 1. The van der Waals surface area contributed by atoms with Crippen LogP contribution in [-0.4, -0.2) is 140 Å². The average Bonchev–Trinajstić information content (AvgIpc) is 3.67. The smallest absolute Gasteiger partial charge is 0.220 e. The Labute approximate surface area is 500 Å². The van der Waals surface area contributed by atoms with E-state index in [1.54, 1.807) is 6.08 Å². The van der Waals surface area contributed by atoms with Crippen molar-refractivity contribution >= 4 is 5.91 Å². The van der Waals surface area contributed by atoms with Gasteiger partial charge < -0.3 is 65.1 Å². The monoisotopic (exact) mass is 1170 g/mol. The minimum absolute atomic E-state index is 0.248. The van der Waals surface area contributed by atoms with E-state index in [2.05, 4.69) is 43.5 Å². The van der Waals surface area contributed by atoms with Crippen LogP contribution in [0.3, 0.4) is 0 Å². The Morgan fingerprint density at radius 1 is 0.427 bits per heavy atom. The molecule has 2 aliphatic heterocycles. The topological polar surface area (TPSA) is 228 Å². The predicted octanol–water partition coefficient (Wildman–Crippen LogP) is 13.3. The van der Waals surface area contributed by atoms with Gasteiger partial charge in [-0.15, -0.1) is 0 Å². The van der Waals surface area contributed by atoms with Gasteiger partial charge >= 0.3 is 0 Å². The number of hydrogen-bond acceptors (Lipinski definition) is 13. The van der Waals surface area contributed by atoms with Gasteiger partial charge in [-0.05, 0) is 57.8 Å². The van der Waals surface area contributed by atoms with Crippen molar-refractivity contribution in [1.82, 2.24) is 5.32 Å². The van der Waals surface area contributed by atoms with Crippen LogP contribution in [0.2, 0.25) is 0 Å². The minimum Gasteiger partial charge on any atom is -0.394 e. The second-order valence-electron chi connectivity index (χ2n) is 24.3. The highest BCUT2D eigenvalue weighted by Gasteiger charge is 2.51. The molecule has 2 heterocycles. The molecule has 0 aromatic rings. The van der Waals surface area contributed by atoms with Gasteiger partial charge in [0.2, 0.25) is 5.91 Å². The molecule has 2 aliphatic rings. The van der Waals surface area contributed by atoms with Crippen molar-refractivity contribution in [2.75, 3.05) is 19.8 Å². The number of rotatable bonds is 56. The van der Waals surface area contributed by atoms with E-state index < -0.39 is 86.8 Å². The molecule has 9 N–H and O–H groups in total. The van der Waals surface area contributed by atoms with E-state index in [0.29, 0.717) is 12.8 Å². The van der Waals surface area contributed by atoms with E-state index in [-0.39, 0.29) is 18.9 Å². The van der Waals surface area contributed by atoms with E-state index in [0.717, 1.165) is 32.1 Å². The zero-order valence-corrected chi connectivity index (χ0v) is 52.2. The summed E-state index contributed by atoms with van der Waals surface area (Å²) in [7, 11) is 0. The van der Waals surface area contributed by atoms with Gasteiger partial charge in [0.25, 0.3) is 0 Å². The molecule has 0 saturated carbocycles. The Balaban J connectivity index is 1.70.